The van der Waals surface area contributed by atoms with Crippen LogP contribution in [0, 0.1) is 0 Å². The molecular weight excluding hydrogens is 240 g/mol. The number of nitrogens with one attached hydrogen (secondary N) is 2. The standard InChI is InChI=1S/C11H22N2O3S/c1-9(11-3-2-8-16-11)13-17(14,15)10-4-6-12-7-5-10/h9-13H,2-8H2,1H3. The molecular formula is C11H22N2O3S. The van der Waals surface area contributed by atoms with Crippen LogP contribution in [0.15, 0.2) is 0 Å². The highest BCUT2D eigenvalue weighted by Crippen LogP contribution is 2.18. The van der Waals surface area contributed by atoms with Gasteiger partial charge in [-0.25, -0.2) is 13.1 Å². The second-order valence-electron chi connectivity index (χ2n) is 4.95. The predicted octanol–water partition coefficient (Wildman–Crippen LogP) is 0.225. The SMILES string of the molecule is CC(NS(=O)(=O)C1CCNCC1)C1CCCO1. The summed E-state index contributed by atoms with van der Waals surface area (Å²) in [4.78, 5) is 0. The van der Waals surface area contributed by atoms with E-state index in [4.69, 9.17) is 4.74 Å². The number of sulfonamides is 1. The highest BCUT2D eigenvalue weighted by molar-refractivity contribution is 7.90. The molecule has 2 fully saturated rings. The molecule has 0 aliphatic carbocycles. The maximum atomic E-state index is 12.2. The van der Waals surface area contributed by atoms with Gasteiger partial charge in [0.15, 0.2) is 0 Å². The van der Waals surface area contributed by atoms with Crippen molar-refractivity contribution in [3.05, 3.63) is 0 Å². The zero-order valence-corrected chi connectivity index (χ0v) is 11.1. The van der Waals surface area contributed by atoms with E-state index < -0.39 is 10.0 Å². The van der Waals surface area contributed by atoms with Gasteiger partial charge in [0.25, 0.3) is 0 Å². The molecule has 6 heteroatoms. The van der Waals surface area contributed by atoms with E-state index in [1.165, 1.54) is 0 Å². The molecule has 0 aromatic heterocycles. The third-order valence-electron chi connectivity index (χ3n) is 3.60. The molecule has 17 heavy (non-hydrogen) atoms. The Morgan fingerprint density at radius 1 is 1.29 bits per heavy atom. The summed E-state index contributed by atoms with van der Waals surface area (Å²) in [6.45, 7) is 4.23. The number of rotatable bonds is 4. The molecule has 0 bridgehead atoms. The normalized spacial score (nSPS) is 29.4. The Hall–Kier alpha value is -0.170. The molecule has 0 saturated carbocycles. The molecule has 2 unspecified atom stereocenters. The molecule has 2 saturated heterocycles. The molecule has 2 heterocycles. The number of piperidine rings is 1. The van der Waals surface area contributed by atoms with Crippen molar-refractivity contribution in [3.8, 4) is 0 Å². The summed E-state index contributed by atoms with van der Waals surface area (Å²) in [7, 11) is -3.19. The molecule has 0 amide bonds. The van der Waals surface area contributed by atoms with Gasteiger partial charge in [0, 0.05) is 12.6 Å². The van der Waals surface area contributed by atoms with Crippen molar-refractivity contribution in [3.63, 3.8) is 0 Å². The summed E-state index contributed by atoms with van der Waals surface area (Å²) in [5, 5.41) is 2.94. The molecule has 0 aromatic rings. The van der Waals surface area contributed by atoms with Gasteiger partial charge in [-0.15, -0.1) is 0 Å². The van der Waals surface area contributed by atoms with Crippen molar-refractivity contribution >= 4 is 10.0 Å². The molecule has 0 aromatic carbocycles. The van der Waals surface area contributed by atoms with E-state index in [2.05, 4.69) is 10.0 Å². The van der Waals surface area contributed by atoms with E-state index in [0.29, 0.717) is 12.8 Å². The maximum Gasteiger partial charge on any atom is 0.214 e. The van der Waals surface area contributed by atoms with Crippen LogP contribution >= 0.6 is 0 Å². The summed E-state index contributed by atoms with van der Waals surface area (Å²) in [5.41, 5.74) is 0. The van der Waals surface area contributed by atoms with Crippen LogP contribution in [0.4, 0.5) is 0 Å². The van der Waals surface area contributed by atoms with E-state index in [-0.39, 0.29) is 17.4 Å². The average molecular weight is 262 g/mol. The van der Waals surface area contributed by atoms with Gasteiger partial charge >= 0.3 is 0 Å². The summed E-state index contributed by atoms with van der Waals surface area (Å²) in [6, 6.07) is -0.114. The summed E-state index contributed by atoms with van der Waals surface area (Å²) >= 11 is 0. The van der Waals surface area contributed by atoms with Gasteiger partial charge < -0.3 is 10.1 Å². The lowest BCUT2D eigenvalue weighted by Gasteiger charge is -2.26. The summed E-state index contributed by atoms with van der Waals surface area (Å²) in [6.07, 6.45) is 3.44. The third-order valence-corrected chi connectivity index (χ3v) is 5.65. The van der Waals surface area contributed by atoms with Crippen LogP contribution in [0.3, 0.4) is 0 Å². The summed E-state index contributed by atoms with van der Waals surface area (Å²) < 4.78 is 32.6. The molecule has 5 nitrogen and oxygen atoms in total. The Labute approximate surface area is 103 Å². The van der Waals surface area contributed by atoms with Crippen LogP contribution in [0.1, 0.15) is 32.6 Å². The predicted molar refractivity (Wildman–Crippen MR) is 66.4 cm³/mol. The van der Waals surface area contributed by atoms with Gasteiger partial charge in [0.05, 0.1) is 11.4 Å². The molecule has 2 rings (SSSR count). The van der Waals surface area contributed by atoms with Crippen LogP contribution in [0.5, 0.6) is 0 Å². The minimum Gasteiger partial charge on any atom is -0.377 e. The van der Waals surface area contributed by atoms with Crippen molar-refractivity contribution in [1.29, 1.82) is 0 Å². The van der Waals surface area contributed by atoms with Crippen LogP contribution in [-0.2, 0) is 14.8 Å². The number of hydrogen-bond acceptors (Lipinski definition) is 4. The Morgan fingerprint density at radius 3 is 2.59 bits per heavy atom. The number of hydrogen-bond donors (Lipinski definition) is 2. The first-order valence-electron chi connectivity index (χ1n) is 6.43. The van der Waals surface area contributed by atoms with Gasteiger partial charge in [-0.05, 0) is 45.7 Å². The Balaban J connectivity index is 1.91. The lowest BCUT2D eigenvalue weighted by atomic mass is 10.1. The smallest absolute Gasteiger partial charge is 0.214 e. The van der Waals surface area contributed by atoms with Crippen molar-refractivity contribution in [2.24, 2.45) is 0 Å². The number of ether oxygens (including phenoxy) is 1. The van der Waals surface area contributed by atoms with E-state index in [0.717, 1.165) is 32.5 Å². The van der Waals surface area contributed by atoms with Crippen LogP contribution in [-0.4, -0.2) is 45.5 Å². The van der Waals surface area contributed by atoms with Crippen LogP contribution in [0.25, 0.3) is 0 Å². The first kappa shape index (κ1) is 13.3. The van der Waals surface area contributed by atoms with Crippen molar-refractivity contribution in [2.75, 3.05) is 19.7 Å². The molecule has 2 N–H and O–H groups in total. The lowest BCUT2D eigenvalue weighted by Crippen LogP contribution is -2.47. The largest absolute Gasteiger partial charge is 0.377 e. The van der Waals surface area contributed by atoms with Crippen molar-refractivity contribution < 1.29 is 13.2 Å². The maximum absolute atomic E-state index is 12.2. The molecule has 2 aliphatic rings. The Bertz CT molecular complexity index is 333. The highest BCUT2D eigenvalue weighted by atomic mass is 32.2. The Morgan fingerprint density at radius 2 is 2.00 bits per heavy atom. The second-order valence-corrected chi connectivity index (χ2v) is 6.94. The minimum absolute atomic E-state index is 0.0477. The first-order chi connectivity index (χ1) is 8.09. The van der Waals surface area contributed by atoms with E-state index >= 15 is 0 Å². The average Bonchev–Trinajstić information content (AvgIpc) is 2.83. The minimum atomic E-state index is -3.19. The topological polar surface area (TPSA) is 67.4 Å². The fourth-order valence-corrected chi connectivity index (χ4v) is 4.25. The molecule has 2 atom stereocenters. The van der Waals surface area contributed by atoms with E-state index in [1.807, 2.05) is 6.92 Å². The van der Waals surface area contributed by atoms with Gasteiger partial charge in [-0.2, -0.15) is 0 Å². The zero-order chi connectivity index (χ0) is 12.3. The molecule has 0 spiro atoms. The van der Waals surface area contributed by atoms with Crippen molar-refractivity contribution in [2.45, 2.75) is 50.0 Å². The van der Waals surface area contributed by atoms with Gasteiger partial charge in [-0.1, -0.05) is 0 Å². The van der Waals surface area contributed by atoms with E-state index in [1.54, 1.807) is 0 Å². The molecule has 0 radical (unpaired) electrons. The fraction of sp³-hybridized carbons (Fsp3) is 1.00. The van der Waals surface area contributed by atoms with Gasteiger partial charge in [0.1, 0.15) is 0 Å². The van der Waals surface area contributed by atoms with Crippen molar-refractivity contribution in [1.82, 2.24) is 10.0 Å². The highest BCUT2D eigenvalue weighted by Gasteiger charge is 2.31. The molecule has 2 aliphatic heterocycles. The second kappa shape index (κ2) is 5.65. The van der Waals surface area contributed by atoms with Crippen LogP contribution < -0.4 is 10.0 Å². The monoisotopic (exact) mass is 262 g/mol. The fourth-order valence-electron chi connectivity index (χ4n) is 2.53. The van der Waals surface area contributed by atoms with Gasteiger partial charge in [0.2, 0.25) is 10.0 Å². The zero-order valence-electron chi connectivity index (χ0n) is 10.3. The Kier molecular flexibility index (Phi) is 4.41. The third kappa shape index (κ3) is 3.40. The summed E-state index contributed by atoms with van der Waals surface area (Å²) in [5.74, 6) is 0. The molecule has 100 valence electrons. The first-order valence-corrected chi connectivity index (χ1v) is 7.98. The lowest BCUT2D eigenvalue weighted by molar-refractivity contribution is 0.0901. The van der Waals surface area contributed by atoms with E-state index in [9.17, 15) is 8.42 Å². The van der Waals surface area contributed by atoms with Gasteiger partial charge in [-0.3, -0.25) is 0 Å². The van der Waals surface area contributed by atoms with Crippen LogP contribution in [0.2, 0.25) is 0 Å². The quantitative estimate of drug-likeness (QED) is 0.761.